The Morgan fingerprint density at radius 1 is 0.700 bits per heavy atom. The van der Waals surface area contributed by atoms with E-state index in [4.69, 9.17) is 18.9 Å². The maximum absolute atomic E-state index is 13.4. The molecule has 0 radical (unpaired) electrons. The Bertz CT molecular complexity index is 1410. The van der Waals surface area contributed by atoms with Gasteiger partial charge in [0.15, 0.2) is 10.8 Å². The van der Waals surface area contributed by atoms with E-state index < -0.39 is 63.8 Å². The van der Waals surface area contributed by atoms with Crippen molar-refractivity contribution in [1.82, 2.24) is 0 Å². The van der Waals surface area contributed by atoms with Gasteiger partial charge in [-0.3, -0.25) is 19.2 Å². The van der Waals surface area contributed by atoms with E-state index in [2.05, 4.69) is 0 Å². The number of hydrogen-bond acceptors (Lipinski definition) is 12. The van der Waals surface area contributed by atoms with Crippen molar-refractivity contribution in [3.63, 3.8) is 0 Å². The van der Waals surface area contributed by atoms with Crippen molar-refractivity contribution in [1.29, 1.82) is 21.0 Å². The number of methoxy groups -OCH3 is 4. The van der Waals surface area contributed by atoms with Crippen LogP contribution in [-0.4, -0.2) is 52.3 Å². The summed E-state index contributed by atoms with van der Waals surface area (Å²) in [7, 11) is 4.02. The van der Waals surface area contributed by atoms with E-state index in [1.54, 1.807) is 6.92 Å². The summed E-state index contributed by atoms with van der Waals surface area (Å²) in [5.74, 6) is -7.42. The molecular formula is C28H26N4O8. The van der Waals surface area contributed by atoms with Gasteiger partial charge in [0.25, 0.3) is 0 Å². The fourth-order valence-electron chi connectivity index (χ4n) is 6.78. The lowest BCUT2D eigenvalue weighted by Gasteiger charge is -2.54. The largest absolute Gasteiger partial charge is 0.468 e. The van der Waals surface area contributed by atoms with Crippen LogP contribution in [0.3, 0.4) is 0 Å². The van der Waals surface area contributed by atoms with Gasteiger partial charge < -0.3 is 18.9 Å². The average molecular weight is 547 g/mol. The van der Waals surface area contributed by atoms with Crippen LogP contribution in [0.15, 0.2) is 34.4 Å². The number of nitriles is 4. The molecule has 2 atom stereocenters. The second-order valence-corrected chi connectivity index (χ2v) is 9.93. The summed E-state index contributed by atoms with van der Waals surface area (Å²) in [4.78, 5) is 53.3. The predicted octanol–water partition coefficient (Wildman–Crippen LogP) is 1.96. The van der Waals surface area contributed by atoms with Crippen molar-refractivity contribution >= 4 is 23.9 Å². The van der Waals surface area contributed by atoms with Gasteiger partial charge in [0.05, 0.1) is 52.7 Å². The molecule has 0 aromatic heterocycles. The number of allylic oxidation sites excluding steroid dienone is 6. The number of ether oxygens (including phenoxy) is 4. The zero-order valence-electron chi connectivity index (χ0n) is 22.8. The molecule has 0 saturated carbocycles. The van der Waals surface area contributed by atoms with Crippen molar-refractivity contribution in [2.75, 3.05) is 28.4 Å². The van der Waals surface area contributed by atoms with Crippen LogP contribution in [0.25, 0.3) is 0 Å². The van der Waals surface area contributed by atoms with Gasteiger partial charge in [-0.25, -0.2) is 0 Å². The molecule has 0 aromatic rings. The Hall–Kier alpha value is -4.94. The first-order valence-electron chi connectivity index (χ1n) is 12.0. The third kappa shape index (κ3) is 3.14. The Balaban J connectivity index is 2.59. The molecule has 0 bridgehead atoms. The average Bonchev–Trinajstić information content (AvgIpc) is 2.98. The third-order valence-electron chi connectivity index (χ3n) is 8.56. The molecule has 0 N–H and O–H groups in total. The molecule has 2 unspecified atom stereocenters. The normalized spacial score (nSPS) is 24.4. The van der Waals surface area contributed by atoms with Crippen molar-refractivity contribution in [3.05, 3.63) is 34.4 Å². The molecule has 12 nitrogen and oxygen atoms in total. The van der Waals surface area contributed by atoms with Gasteiger partial charge in [-0.15, -0.1) is 0 Å². The van der Waals surface area contributed by atoms with Crippen LogP contribution in [0, 0.1) is 78.8 Å². The molecular weight excluding hydrogens is 520 g/mol. The van der Waals surface area contributed by atoms with Crippen LogP contribution in [0.1, 0.15) is 26.7 Å². The highest BCUT2D eigenvalue weighted by Crippen LogP contribution is 2.67. The van der Waals surface area contributed by atoms with Crippen LogP contribution in [0.5, 0.6) is 0 Å². The summed E-state index contributed by atoms with van der Waals surface area (Å²) in [5, 5.41) is 42.3. The van der Waals surface area contributed by atoms with E-state index in [0.717, 1.165) is 28.4 Å². The van der Waals surface area contributed by atoms with Gasteiger partial charge >= 0.3 is 23.9 Å². The van der Waals surface area contributed by atoms with Gasteiger partial charge in [-0.1, -0.05) is 28.9 Å². The van der Waals surface area contributed by atoms with Gasteiger partial charge in [0.2, 0.25) is 10.8 Å². The standard InChI is InChI=1S/C28H26N4O8/c1-15-9-28(23(35)39-5,24(36)40-6)26(13-31,14-32)20-17(15)7-8-18-19(20)16(2)10-27(21(33)37-3,22(34)38-4)25(18,11-29)12-30/h7-8,18,20H,9-10H2,1-6H3. The van der Waals surface area contributed by atoms with Crippen molar-refractivity contribution in [2.45, 2.75) is 26.7 Å². The highest BCUT2D eigenvalue weighted by molar-refractivity contribution is 6.04. The minimum Gasteiger partial charge on any atom is -0.468 e. The van der Waals surface area contributed by atoms with E-state index in [9.17, 15) is 40.2 Å². The molecule has 0 aliphatic heterocycles. The predicted molar refractivity (Wildman–Crippen MR) is 131 cm³/mol. The molecule has 12 heteroatoms. The number of nitrogens with zero attached hydrogens (tertiary/aromatic N) is 4. The lowest BCUT2D eigenvalue weighted by atomic mass is 9.42. The molecule has 0 amide bonds. The van der Waals surface area contributed by atoms with Crippen LogP contribution in [-0.2, 0) is 38.1 Å². The molecule has 0 aromatic carbocycles. The zero-order chi connectivity index (χ0) is 30.3. The van der Waals surface area contributed by atoms with E-state index >= 15 is 0 Å². The molecule has 0 heterocycles. The Morgan fingerprint density at radius 3 is 1.45 bits per heavy atom. The first-order chi connectivity index (χ1) is 18.9. The van der Waals surface area contributed by atoms with E-state index in [1.165, 1.54) is 19.1 Å². The second kappa shape index (κ2) is 9.98. The lowest BCUT2D eigenvalue weighted by Crippen LogP contribution is -2.63. The minimum atomic E-state index is -2.48. The van der Waals surface area contributed by atoms with Gasteiger partial charge in [0, 0.05) is 11.8 Å². The van der Waals surface area contributed by atoms with Crippen LogP contribution in [0.4, 0.5) is 0 Å². The lowest BCUT2D eigenvalue weighted by molar-refractivity contribution is -0.177. The summed E-state index contributed by atoms with van der Waals surface area (Å²) in [6.07, 6.45) is 2.02. The number of fused-ring (bicyclic) bond motifs is 3. The monoisotopic (exact) mass is 546 g/mol. The number of carbonyl (C=O) groups is 4. The zero-order valence-corrected chi connectivity index (χ0v) is 22.8. The van der Waals surface area contributed by atoms with Gasteiger partial charge in [0.1, 0.15) is 0 Å². The second-order valence-electron chi connectivity index (χ2n) is 9.93. The van der Waals surface area contributed by atoms with E-state index in [-0.39, 0.29) is 17.6 Å². The fraction of sp³-hybridized carbons (Fsp3) is 0.500. The Morgan fingerprint density at radius 2 is 1.07 bits per heavy atom. The summed E-state index contributed by atoms with van der Waals surface area (Å²) in [5.41, 5.74) is -8.52. The first kappa shape index (κ1) is 29.6. The molecule has 0 fully saturated rings. The van der Waals surface area contributed by atoms with E-state index in [0.29, 0.717) is 11.1 Å². The van der Waals surface area contributed by atoms with Gasteiger partial charge in [-0.2, -0.15) is 21.0 Å². The van der Waals surface area contributed by atoms with E-state index in [1.807, 2.05) is 24.3 Å². The highest BCUT2D eigenvalue weighted by Gasteiger charge is 2.76. The molecule has 3 aliphatic rings. The highest BCUT2D eigenvalue weighted by atomic mass is 16.6. The summed E-state index contributed by atoms with van der Waals surface area (Å²) in [6.45, 7) is 3.12. The summed E-state index contributed by atoms with van der Waals surface area (Å²) in [6, 6.07) is 7.51. The first-order valence-corrected chi connectivity index (χ1v) is 12.0. The molecule has 3 rings (SSSR count). The fourth-order valence-corrected chi connectivity index (χ4v) is 6.78. The number of esters is 4. The molecule has 206 valence electrons. The SMILES string of the molecule is COC(=O)C1(C(=O)OC)CC(C)=C2C(C=CC3=C(C)CC(C(=O)OC)(C(=O)OC)C(C#N)(C#N)C32)C1(C#N)C#N. The number of hydrogen-bond donors (Lipinski definition) is 0. The van der Waals surface area contributed by atoms with Crippen LogP contribution in [0.2, 0.25) is 0 Å². The molecule has 0 spiro atoms. The topological polar surface area (TPSA) is 200 Å². The quantitative estimate of drug-likeness (QED) is 0.215. The minimum absolute atomic E-state index is 0.170. The Labute approximate surface area is 230 Å². The molecule has 40 heavy (non-hydrogen) atoms. The number of rotatable bonds is 4. The maximum atomic E-state index is 13.4. The maximum Gasteiger partial charge on any atom is 0.326 e. The van der Waals surface area contributed by atoms with Crippen molar-refractivity contribution < 1.29 is 38.1 Å². The molecule has 3 aliphatic carbocycles. The van der Waals surface area contributed by atoms with Crippen molar-refractivity contribution in [2.24, 2.45) is 33.5 Å². The number of carbonyl (C=O) groups excluding carboxylic acids is 4. The summed E-state index contributed by atoms with van der Waals surface area (Å²) >= 11 is 0. The smallest absolute Gasteiger partial charge is 0.326 e. The summed E-state index contributed by atoms with van der Waals surface area (Å²) < 4.78 is 19.7. The Kier molecular flexibility index (Phi) is 7.39. The molecule has 0 saturated heterocycles. The van der Waals surface area contributed by atoms with Crippen molar-refractivity contribution in [3.8, 4) is 24.3 Å². The van der Waals surface area contributed by atoms with Crippen LogP contribution >= 0.6 is 0 Å². The third-order valence-corrected chi connectivity index (χ3v) is 8.56. The van der Waals surface area contributed by atoms with Crippen LogP contribution < -0.4 is 0 Å². The van der Waals surface area contributed by atoms with Gasteiger partial charge in [-0.05, 0) is 32.3 Å².